The maximum atomic E-state index is 13.2. The molecule has 2 aliphatic rings. The lowest BCUT2D eigenvalue weighted by molar-refractivity contribution is -0.276. The third-order valence-electron chi connectivity index (χ3n) is 9.51. The number of aliphatic hydroxyl groups is 1. The number of aliphatic hydroxyl groups excluding tert-OH is 1. The molecule has 0 aliphatic carbocycles. The van der Waals surface area contributed by atoms with Crippen molar-refractivity contribution in [2.24, 2.45) is 5.92 Å². The highest BCUT2D eigenvalue weighted by atomic mass is 16.7. The second-order valence-corrected chi connectivity index (χ2v) is 14.4. The average Bonchev–Trinajstić information content (AvgIpc) is 3.60. The molecule has 5 atom stereocenters. The first-order valence-corrected chi connectivity index (χ1v) is 17.6. The number of carbonyl (C=O) groups excluding carboxylic acids is 2. The van der Waals surface area contributed by atoms with Crippen LogP contribution in [0.15, 0.2) is 103 Å². The van der Waals surface area contributed by atoms with Gasteiger partial charge in [0.15, 0.2) is 6.29 Å². The first-order valence-electron chi connectivity index (χ1n) is 17.6. The van der Waals surface area contributed by atoms with Gasteiger partial charge in [0.2, 0.25) is 0 Å². The molecule has 50 heavy (non-hydrogen) atoms. The summed E-state index contributed by atoms with van der Waals surface area (Å²) < 4.78 is 19.2. The van der Waals surface area contributed by atoms with Gasteiger partial charge in [-0.15, -0.1) is 0 Å². The topological polar surface area (TPSA) is 97.3 Å². The zero-order valence-electron chi connectivity index (χ0n) is 29.4. The van der Waals surface area contributed by atoms with Crippen LogP contribution in [0.2, 0.25) is 0 Å². The Morgan fingerprint density at radius 2 is 1.58 bits per heavy atom. The molecule has 0 saturated carbocycles. The molecule has 0 radical (unpaired) electrons. The molecular weight excluding hydrogens is 628 g/mol. The van der Waals surface area contributed by atoms with Gasteiger partial charge in [0.05, 0.1) is 18.8 Å². The van der Waals surface area contributed by atoms with Crippen molar-refractivity contribution in [3.8, 4) is 11.1 Å². The fraction of sp³-hybridized carbons (Fsp3) is 0.381. The van der Waals surface area contributed by atoms with Crippen LogP contribution in [0.3, 0.4) is 0 Å². The lowest BCUT2D eigenvalue weighted by Gasteiger charge is -2.43. The van der Waals surface area contributed by atoms with Gasteiger partial charge >= 0.3 is 5.97 Å². The maximum Gasteiger partial charge on any atom is 0.323 e. The molecule has 0 bridgehead atoms. The van der Waals surface area contributed by atoms with Crippen LogP contribution in [0, 0.1) is 5.92 Å². The van der Waals surface area contributed by atoms with Crippen molar-refractivity contribution < 1.29 is 28.9 Å². The zero-order chi connectivity index (χ0) is 35.3. The summed E-state index contributed by atoms with van der Waals surface area (Å²) >= 11 is 0. The molecule has 2 saturated heterocycles. The number of benzene rings is 4. The number of rotatable bonds is 10. The van der Waals surface area contributed by atoms with E-state index in [1.807, 2.05) is 87.5 Å². The Labute approximate surface area is 295 Å². The second kappa shape index (κ2) is 15.7. The molecule has 4 aromatic rings. The van der Waals surface area contributed by atoms with Crippen LogP contribution < -0.4 is 5.32 Å². The molecule has 1 amide bonds. The molecule has 4 aromatic carbocycles. The van der Waals surface area contributed by atoms with E-state index in [1.54, 1.807) is 12.1 Å². The fourth-order valence-electron chi connectivity index (χ4n) is 6.81. The molecule has 8 heteroatoms. The molecule has 0 unspecified atom stereocenters. The van der Waals surface area contributed by atoms with Crippen molar-refractivity contribution in [1.82, 2.24) is 10.2 Å². The van der Waals surface area contributed by atoms with Crippen LogP contribution >= 0.6 is 0 Å². The minimum Gasteiger partial charge on any atom is -0.459 e. The minimum atomic E-state index is -0.616. The van der Waals surface area contributed by atoms with E-state index in [1.165, 1.54) is 0 Å². The Kier molecular flexibility index (Phi) is 11.1. The van der Waals surface area contributed by atoms with E-state index in [0.29, 0.717) is 18.7 Å². The van der Waals surface area contributed by atoms with E-state index < -0.39 is 11.9 Å². The minimum absolute atomic E-state index is 0.00416. The van der Waals surface area contributed by atoms with Crippen LogP contribution in [0.1, 0.15) is 85.5 Å². The number of hydrogen-bond acceptors (Lipinski definition) is 7. The number of nitrogens with zero attached hydrogens (tertiary/aromatic N) is 1. The zero-order valence-corrected chi connectivity index (χ0v) is 29.4. The van der Waals surface area contributed by atoms with Crippen molar-refractivity contribution in [3.63, 3.8) is 0 Å². The summed E-state index contributed by atoms with van der Waals surface area (Å²) in [4.78, 5) is 27.9. The SMILES string of the molecule is C[C@H]1[C@@H](CN2CCC[C@H]2C(=O)OC(C)(C)C)O[C@@H](c2ccc(-c3cccc(CNC(=O)c4ccccc4)c3)cc2)O[C@H]1c1ccc(CO)cc1. The normalized spacial score (nSPS) is 22.6. The third kappa shape index (κ3) is 8.68. The van der Waals surface area contributed by atoms with Gasteiger partial charge in [0.25, 0.3) is 5.91 Å². The summed E-state index contributed by atoms with van der Waals surface area (Å²) in [6.45, 7) is 9.65. The van der Waals surface area contributed by atoms with Gasteiger partial charge in [-0.05, 0) is 86.2 Å². The van der Waals surface area contributed by atoms with Crippen molar-refractivity contribution in [2.45, 2.75) is 83.8 Å². The van der Waals surface area contributed by atoms with Gasteiger partial charge in [0.1, 0.15) is 11.6 Å². The van der Waals surface area contributed by atoms with Gasteiger partial charge in [-0.3, -0.25) is 14.5 Å². The highest BCUT2D eigenvalue weighted by Gasteiger charge is 2.42. The predicted molar refractivity (Wildman–Crippen MR) is 193 cm³/mol. The highest BCUT2D eigenvalue weighted by molar-refractivity contribution is 5.94. The number of ether oxygens (including phenoxy) is 3. The average molecular weight is 677 g/mol. The van der Waals surface area contributed by atoms with Gasteiger partial charge in [-0.1, -0.05) is 91.9 Å². The Morgan fingerprint density at radius 1 is 0.860 bits per heavy atom. The first-order chi connectivity index (χ1) is 24.1. The number of amides is 1. The number of likely N-dealkylation sites (tertiary alicyclic amines) is 1. The Hall–Kier alpha value is -4.34. The molecule has 2 fully saturated rings. The molecule has 262 valence electrons. The fourth-order valence-corrected chi connectivity index (χ4v) is 6.81. The van der Waals surface area contributed by atoms with Crippen LogP contribution in [0.5, 0.6) is 0 Å². The molecule has 0 spiro atoms. The first kappa shape index (κ1) is 35.5. The van der Waals surface area contributed by atoms with Gasteiger partial charge in [-0.25, -0.2) is 0 Å². The molecule has 0 aromatic heterocycles. The quantitative estimate of drug-likeness (QED) is 0.169. The largest absolute Gasteiger partial charge is 0.459 e. The van der Waals surface area contributed by atoms with Gasteiger partial charge < -0.3 is 24.6 Å². The number of carbonyl (C=O) groups is 2. The lowest BCUT2D eigenvalue weighted by Crippen LogP contribution is -2.48. The number of esters is 1. The summed E-state index contributed by atoms with van der Waals surface area (Å²) in [6.07, 6.45) is 0.622. The lowest BCUT2D eigenvalue weighted by atomic mass is 9.89. The molecule has 2 heterocycles. The molecular formula is C42H48N2O6. The Balaban J connectivity index is 1.19. The summed E-state index contributed by atoms with van der Waals surface area (Å²) in [7, 11) is 0. The summed E-state index contributed by atoms with van der Waals surface area (Å²) in [5, 5.41) is 12.6. The molecule has 6 rings (SSSR count). The third-order valence-corrected chi connectivity index (χ3v) is 9.51. The van der Waals surface area contributed by atoms with E-state index >= 15 is 0 Å². The van der Waals surface area contributed by atoms with Crippen molar-refractivity contribution in [2.75, 3.05) is 13.1 Å². The summed E-state index contributed by atoms with van der Waals surface area (Å²) in [6, 6.07) is 33.2. The molecule has 8 nitrogen and oxygen atoms in total. The van der Waals surface area contributed by atoms with E-state index in [-0.39, 0.29) is 42.7 Å². The standard InChI is InChI=1S/C42H48N2O6/c1-28-37(26-44-23-9-14-36(44)40(47)50-42(2,3)4)48-41(49-38(28)32-17-15-29(27-45)16-18-32)34-21-19-31(20-22-34)35-13-8-10-30(24-35)25-43-39(46)33-11-6-5-7-12-33/h5-8,10-13,15-22,24,28,36-38,41,45H,9,14,23,25-27H2,1-4H3,(H,43,46)/t28-,36-,37+,38+,41+/m0/s1. The van der Waals surface area contributed by atoms with Crippen molar-refractivity contribution in [1.29, 1.82) is 0 Å². The smallest absolute Gasteiger partial charge is 0.323 e. The van der Waals surface area contributed by atoms with Gasteiger partial charge in [-0.2, -0.15) is 0 Å². The predicted octanol–water partition coefficient (Wildman–Crippen LogP) is 7.37. The number of hydrogen-bond donors (Lipinski definition) is 2. The van der Waals surface area contributed by atoms with Gasteiger partial charge in [0, 0.05) is 30.1 Å². The Bertz CT molecular complexity index is 1740. The van der Waals surface area contributed by atoms with Crippen molar-refractivity contribution in [3.05, 3.63) is 131 Å². The van der Waals surface area contributed by atoms with E-state index in [2.05, 4.69) is 41.4 Å². The number of nitrogens with one attached hydrogen (secondary N) is 1. The van der Waals surface area contributed by atoms with Crippen LogP contribution in [0.4, 0.5) is 0 Å². The van der Waals surface area contributed by atoms with E-state index in [9.17, 15) is 14.7 Å². The molecule has 2 N–H and O–H groups in total. The van der Waals surface area contributed by atoms with Crippen LogP contribution in [0.25, 0.3) is 11.1 Å². The van der Waals surface area contributed by atoms with E-state index in [4.69, 9.17) is 14.2 Å². The van der Waals surface area contributed by atoms with Crippen LogP contribution in [-0.2, 0) is 32.2 Å². The highest BCUT2D eigenvalue weighted by Crippen LogP contribution is 2.42. The summed E-state index contributed by atoms with van der Waals surface area (Å²) in [5.74, 6) is -0.288. The summed E-state index contributed by atoms with van der Waals surface area (Å²) in [5.41, 5.74) is 5.95. The Morgan fingerprint density at radius 3 is 2.28 bits per heavy atom. The van der Waals surface area contributed by atoms with Crippen molar-refractivity contribution >= 4 is 11.9 Å². The van der Waals surface area contributed by atoms with E-state index in [0.717, 1.165) is 52.8 Å². The second-order valence-electron chi connectivity index (χ2n) is 14.4. The van der Waals surface area contributed by atoms with Crippen LogP contribution in [-0.4, -0.2) is 52.7 Å². The monoisotopic (exact) mass is 676 g/mol. The maximum absolute atomic E-state index is 13.2. The molecule has 2 aliphatic heterocycles.